The molecule has 0 N–H and O–H groups in total. The van der Waals surface area contributed by atoms with Gasteiger partial charge < -0.3 is 4.74 Å². The quantitative estimate of drug-likeness (QED) is 0.780. The molecule has 0 saturated carbocycles. The summed E-state index contributed by atoms with van der Waals surface area (Å²) in [5.41, 5.74) is -0.0622. The van der Waals surface area contributed by atoms with Crippen LogP contribution >= 0.6 is 0 Å². The number of piperazine rings is 1. The monoisotopic (exact) mass is 322 g/mol. The molecule has 1 heterocycles. The summed E-state index contributed by atoms with van der Waals surface area (Å²) in [5.74, 6) is -1.37. The van der Waals surface area contributed by atoms with Crippen molar-refractivity contribution in [2.75, 3.05) is 13.1 Å². The van der Waals surface area contributed by atoms with Gasteiger partial charge in [-0.05, 0) is 38.5 Å². The Kier molecular flexibility index (Phi) is 4.68. The highest BCUT2D eigenvalue weighted by Gasteiger charge is 2.35. The Balaban J connectivity index is 2.02. The summed E-state index contributed by atoms with van der Waals surface area (Å²) in [6.45, 7) is 4.74. The average molecular weight is 322 g/mol. The van der Waals surface area contributed by atoms with Crippen molar-refractivity contribution in [1.29, 1.82) is 0 Å². The van der Waals surface area contributed by atoms with Crippen molar-refractivity contribution in [2.24, 2.45) is 0 Å². The summed E-state index contributed by atoms with van der Waals surface area (Å²) >= 11 is 0. The molecule has 1 saturated heterocycles. The lowest BCUT2D eigenvalue weighted by atomic mass is 10.2. The topological polar surface area (TPSA) is 66.9 Å². The maximum Gasteiger partial charge on any atom is 0.411 e. The van der Waals surface area contributed by atoms with Gasteiger partial charge >= 0.3 is 6.09 Å². The molecule has 1 aliphatic rings. The molecule has 0 bridgehead atoms. The van der Waals surface area contributed by atoms with Crippen LogP contribution in [0, 0.1) is 5.82 Å². The molecule has 6 nitrogen and oxygen atoms in total. The van der Waals surface area contributed by atoms with Crippen molar-refractivity contribution >= 4 is 17.9 Å². The average Bonchev–Trinajstić information content (AvgIpc) is 2.42. The molecular formula is C16H19FN2O4. The van der Waals surface area contributed by atoms with E-state index in [0.29, 0.717) is 5.56 Å². The van der Waals surface area contributed by atoms with E-state index in [1.54, 1.807) is 20.8 Å². The standard InChI is InChI=1S/C16H19FN2O4/c1-16(2,3)23-15(22)18-9-13(20)19(14(21)10-18)8-11-4-6-12(17)7-5-11/h4-7H,8-10H2,1-3H3. The van der Waals surface area contributed by atoms with Crippen molar-refractivity contribution < 1.29 is 23.5 Å². The third-order valence-corrected chi connectivity index (χ3v) is 3.16. The van der Waals surface area contributed by atoms with E-state index in [4.69, 9.17) is 4.74 Å². The Bertz CT molecular complexity index is 604. The number of carbonyl (C=O) groups excluding carboxylic acids is 3. The lowest BCUT2D eigenvalue weighted by Gasteiger charge is -2.33. The molecule has 1 fully saturated rings. The Labute approximate surface area is 133 Å². The summed E-state index contributed by atoms with van der Waals surface area (Å²) in [4.78, 5) is 38.4. The summed E-state index contributed by atoms with van der Waals surface area (Å²) < 4.78 is 18.1. The molecule has 124 valence electrons. The predicted octanol–water partition coefficient (Wildman–Crippen LogP) is 1.93. The van der Waals surface area contributed by atoms with Crippen LogP contribution in [0.1, 0.15) is 26.3 Å². The molecule has 1 aromatic rings. The summed E-state index contributed by atoms with van der Waals surface area (Å²) in [7, 11) is 0. The molecule has 7 heteroatoms. The second-order valence-electron chi connectivity index (χ2n) is 6.34. The van der Waals surface area contributed by atoms with E-state index >= 15 is 0 Å². The molecule has 3 amide bonds. The second-order valence-corrected chi connectivity index (χ2v) is 6.34. The third kappa shape index (κ3) is 4.51. The fourth-order valence-electron chi connectivity index (χ4n) is 2.10. The number of carbonyl (C=O) groups is 3. The van der Waals surface area contributed by atoms with Gasteiger partial charge in [0.2, 0.25) is 11.8 Å². The first-order valence-electron chi connectivity index (χ1n) is 7.21. The first kappa shape index (κ1) is 16.9. The minimum absolute atomic E-state index is 0.0557. The highest BCUT2D eigenvalue weighted by molar-refractivity contribution is 6.01. The number of nitrogens with zero attached hydrogens (tertiary/aromatic N) is 2. The summed E-state index contributed by atoms with van der Waals surface area (Å²) in [6, 6.07) is 5.55. The number of hydrogen-bond acceptors (Lipinski definition) is 4. The van der Waals surface area contributed by atoms with Crippen molar-refractivity contribution in [3.05, 3.63) is 35.6 Å². The Morgan fingerprint density at radius 2 is 1.65 bits per heavy atom. The molecule has 1 aliphatic heterocycles. The van der Waals surface area contributed by atoms with Gasteiger partial charge in [0.1, 0.15) is 24.5 Å². The van der Waals surface area contributed by atoms with E-state index in [2.05, 4.69) is 0 Å². The zero-order chi connectivity index (χ0) is 17.2. The number of imide groups is 1. The number of halogens is 1. The van der Waals surface area contributed by atoms with Gasteiger partial charge in [-0.2, -0.15) is 0 Å². The van der Waals surface area contributed by atoms with E-state index in [-0.39, 0.29) is 25.5 Å². The molecule has 0 atom stereocenters. The minimum Gasteiger partial charge on any atom is -0.444 e. The van der Waals surface area contributed by atoms with Crippen LogP contribution in [0.5, 0.6) is 0 Å². The lowest BCUT2D eigenvalue weighted by molar-refractivity contribution is -0.151. The van der Waals surface area contributed by atoms with E-state index in [1.807, 2.05) is 0 Å². The van der Waals surface area contributed by atoms with Gasteiger partial charge in [0.15, 0.2) is 0 Å². The van der Waals surface area contributed by atoms with Crippen molar-refractivity contribution in [2.45, 2.75) is 32.9 Å². The number of rotatable bonds is 2. The van der Waals surface area contributed by atoms with Crippen molar-refractivity contribution in [3.63, 3.8) is 0 Å². The molecule has 23 heavy (non-hydrogen) atoms. The zero-order valence-corrected chi connectivity index (χ0v) is 13.3. The summed E-state index contributed by atoms with van der Waals surface area (Å²) in [5, 5.41) is 0. The molecule has 0 radical (unpaired) electrons. The first-order valence-corrected chi connectivity index (χ1v) is 7.21. The number of benzene rings is 1. The summed E-state index contributed by atoms with van der Waals surface area (Å²) in [6.07, 6.45) is -0.694. The predicted molar refractivity (Wildman–Crippen MR) is 79.8 cm³/mol. The lowest BCUT2D eigenvalue weighted by Crippen LogP contribution is -2.55. The molecule has 0 aliphatic carbocycles. The number of hydrogen-bond donors (Lipinski definition) is 0. The maximum atomic E-state index is 12.9. The van der Waals surface area contributed by atoms with Gasteiger partial charge in [0.05, 0.1) is 6.54 Å². The molecule has 2 rings (SSSR count). The Morgan fingerprint density at radius 1 is 1.13 bits per heavy atom. The second kappa shape index (κ2) is 6.36. The Morgan fingerprint density at radius 3 is 2.13 bits per heavy atom. The molecule has 1 aromatic carbocycles. The smallest absolute Gasteiger partial charge is 0.411 e. The molecule has 0 unspecified atom stereocenters. The van der Waals surface area contributed by atoms with E-state index in [0.717, 1.165) is 9.80 Å². The van der Waals surface area contributed by atoms with Crippen LogP contribution in [-0.2, 0) is 20.9 Å². The van der Waals surface area contributed by atoms with E-state index in [1.165, 1.54) is 24.3 Å². The van der Waals surface area contributed by atoms with Gasteiger partial charge in [-0.1, -0.05) is 12.1 Å². The first-order chi connectivity index (χ1) is 10.7. The largest absolute Gasteiger partial charge is 0.444 e. The van der Waals surface area contributed by atoms with Gasteiger partial charge in [0, 0.05) is 0 Å². The molecular weight excluding hydrogens is 303 g/mol. The molecule has 0 spiro atoms. The van der Waals surface area contributed by atoms with Gasteiger partial charge in [-0.3, -0.25) is 19.4 Å². The van der Waals surface area contributed by atoms with Crippen LogP contribution in [0.25, 0.3) is 0 Å². The highest BCUT2D eigenvalue weighted by Crippen LogP contribution is 2.15. The number of ether oxygens (including phenoxy) is 1. The van der Waals surface area contributed by atoms with Crippen LogP contribution in [-0.4, -0.2) is 46.4 Å². The number of amides is 3. The molecule has 0 aromatic heterocycles. The van der Waals surface area contributed by atoms with E-state index in [9.17, 15) is 18.8 Å². The highest BCUT2D eigenvalue weighted by atomic mass is 19.1. The fraction of sp³-hybridized carbons (Fsp3) is 0.438. The van der Waals surface area contributed by atoms with Crippen LogP contribution in [0.4, 0.5) is 9.18 Å². The van der Waals surface area contributed by atoms with Crippen LogP contribution < -0.4 is 0 Å². The third-order valence-electron chi connectivity index (χ3n) is 3.16. The normalized spacial score (nSPS) is 15.8. The van der Waals surface area contributed by atoms with Gasteiger partial charge in [-0.25, -0.2) is 9.18 Å². The van der Waals surface area contributed by atoms with Crippen LogP contribution in [0.15, 0.2) is 24.3 Å². The fourth-order valence-corrected chi connectivity index (χ4v) is 2.10. The van der Waals surface area contributed by atoms with Crippen molar-refractivity contribution in [3.8, 4) is 0 Å². The maximum absolute atomic E-state index is 12.9. The SMILES string of the molecule is CC(C)(C)OC(=O)N1CC(=O)N(Cc2ccc(F)cc2)C(=O)C1. The van der Waals surface area contributed by atoms with Gasteiger partial charge in [-0.15, -0.1) is 0 Å². The zero-order valence-electron chi connectivity index (χ0n) is 13.3. The van der Waals surface area contributed by atoms with Crippen molar-refractivity contribution in [1.82, 2.24) is 9.80 Å². The minimum atomic E-state index is -0.700. The van der Waals surface area contributed by atoms with E-state index < -0.39 is 23.5 Å². The van der Waals surface area contributed by atoms with Crippen LogP contribution in [0.2, 0.25) is 0 Å². The van der Waals surface area contributed by atoms with Gasteiger partial charge in [0.25, 0.3) is 0 Å². The Hall–Kier alpha value is -2.44. The van der Waals surface area contributed by atoms with Crippen LogP contribution in [0.3, 0.4) is 0 Å².